The van der Waals surface area contributed by atoms with E-state index in [9.17, 15) is 4.79 Å². The summed E-state index contributed by atoms with van der Waals surface area (Å²) in [5.74, 6) is 0. The first-order valence-corrected chi connectivity index (χ1v) is 7.63. The number of carbonyl (C=O) groups is 1. The number of hydrogen-bond acceptors (Lipinski definition) is 6. The Morgan fingerprint density at radius 1 is 0.810 bits per heavy atom. The van der Waals surface area contributed by atoms with Crippen molar-refractivity contribution in [3.8, 4) is 0 Å². The van der Waals surface area contributed by atoms with Crippen LogP contribution in [0.4, 0.5) is 0 Å². The van der Waals surface area contributed by atoms with Crippen LogP contribution in [-0.4, -0.2) is 83.7 Å². The topological polar surface area (TPSA) is 57.2 Å². The lowest BCUT2D eigenvalue weighted by atomic mass is 10.3. The maximum Gasteiger partial charge on any atom is 0.122 e. The zero-order valence-corrected chi connectivity index (χ0v) is 13.7. The van der Waals surface area contributed by atoms with E-state index < -0.39 is 0 Å². The largest absolute Gasteiger partial charge is 0.379 e. The quantitative estimate of drug-likeness (QED) is 0.313. The second-order valence-electron chi connectivity index (χ2n) is 4.98. The van der Waals surface area contributed by atoms with E-state index >= 15 is 0 Å². The van der Waals surface area contributed by atoms with Crippen molar-refractivity contribution in [3.05, 3.63) is 0 Å². The number of hydrogen-bond donors (Lipinski definition) is 0. The predicted molar refractivity (Wildman–Crippen MR) is 81.7 cm³/mol. The highest BCUT2D eigenvalue weighted by Crippen LogP contribution is 1.92. The van der Waals surface area contributed by atoms with Crippen molar-refractivity contribution in [2.75, 3.05) is 66.4 Å². The molecule has 0 rings (SSSR count). The summed E-state index contributed by atoms with van der Waals surface area (Å²) in [6.45, 7) is 9.81. The minimum absolute atomic E-state index is 0.441. The third-order valence-corrected chi connectivity index (χ3v) is 2.97. The summed E-state index contributed by atoms with van der Waals surface area (Å²) in [5, 5.41) is 0. The average Bonchev–Trinajstić information content (AvgIpc) is 2.47. The number of nitrogens with zero attached hydrogens (tertiary/aromatic N) is 1. The van der Waals surface area contributed by atoms with Gasteiger partial charge in [-0.05, 0) is 20.9 Å². The van der Waals surface area contributed by atoms with E-state index in [1.54, 1.807) is 0 Å². The molecule has 0 aliphatic rings. The van der Waals surface area contributed by atoms with Gasteiger partial charge < -0.3 is 28.6 Å². The predicted octanol–water partition coefficient (Wildman–Crippen LogP) is 0.982. The summed E-state index contributed by atoms with van der Waals surface area (Å²) in [4.78, 5) is 12.3. The van der Waals surface area contributed by atoms with Gasteiger partial charge in [0.2, 0.25) is 0 Å². The molecule has 0 aromatic rings. The molecule has 0 bridgehead atoms. The molecule has 0 heterocycles. The third kappa shape index (κ3) is 15.7. The Labute approximate surface area is 128 Å². The summed E-state index contributed by atoms with van der Waals surface area (Å²) in [5.41, 5.74) is 0. The summed E-state index contributed by atoms with van der Waals surface area (Å²) in [6.07, 6.45) is 1.29. The number of rotatable bonds is 16. The van der Waals surface area contributed by atoms with Crippen LogP contribution in [0.15, 0.2) is 0 Å². The van der Waals surface area contributed by atoms with Gasteiger partial charge in [0.05, 0.1) is 52.9 Å². The van der Waals surface area contributed by atoms with Crippen LogP contribution in [0, 0.1) is 0 Å². The van der Waals surface area contributed by atoms with Gasteiger partial charge in [-0.15, -0.1) is 0 Å². The van der Waals surface area contributed by atoms with Gasteiger partial charge >= 0.3 is 0 Å². The van der Waals surface area contributed by atoms with E-state index in [0.717, 1.165) is 19.4 Å². The molecule has 126 valence electrons. The fourth-order valence-corrected chi connectivity index (χ4v) is 1.36. The van der Waals surface area contributed by atoms with Gasteiger partial charge in [0.15, 0.2) is 0 Å². The average molecular weight is 305 g/mol. The molecule has 0 aromatic carbocycles. The molecule has 0 N–H and O–H groups in total. The lowest BCUT2D eigenvalue weighted by Crippen LogP contribution is -2.30. The minimum atomic E-state index is 0.441. The standard InChI is InChI=1S/C15H31NO5/c1-15(2)16(3)5-8-19-10-12-21-14-13-20-11-9-18-7-4-6-17/h6,15H,4-5,7-14H2,1-3H3. The van der Waals surface area contributed by atoms with Crippen LogP contribution in [0.3, 0.4) is 0 Å². The Kier molecular flexibility index (Phi) is 15.5. The van der Waals surface area contributed by atoms with Crippen LogP contribution < -0.4 is 0 Å². The fourth-order valence-electron chi connectivity index (χ4n) is 1.36. The Hall–Kier alpha value is -0.530. The van der Waals surface area contributed by atoms with Gasteiger partial charge in [0.25, 0.3) is 0 Å². The first-order valence-electron chi connectivity index (χ1n) is 7.63. The van der Waals surface area contributed by atoms with Gasteiger partial charge in [0, 0.05) is 19.0 Å². The maximum atomic E-state index is 10.0. The Morgan fingerprint density at radius 3 is 1.67 bits per heavy atom. The van der Waals surface area contributed by atoms with Gasteiger partial charge in [-0.25, -0.2) is 0 Å². The molecule has 0 amide bonds. The Bertz CT molecular complexity index is 226. The van der Waals surface area contributed by atoms with Crippen molar-refractivity contribution in [2.24, 2.45) is 0 Å². The van der Waals surface area contributed by atoms with Crippen LogP contribution in [0.25, 0.3) is 0 Å². The smallest absolute Gasteiger partial charge is 0.122 e. The van der Waals surface area contributed by atoms with Gasteiger partial charge in [-0.1, -0.05) is 0 Å². The third-order valence-electron chi connectivity index (χ3n) is 2.97. The molecular formula is C15H31NO5. The normalized spacial score (nSPS) is 11.5. The molecule has 0 aromatic heterocycles. The molecule has 21 heavy (non-hydrogen) atoms. The monoisotopic (exact) mass is 305 g/mol. The number of aldehydes is 1. The summed E-state index contributed by atoms with van der Waals surface area (Å²) < 4.78 is 21.3. The number of ether oxygens (including phenoxy) is 4. The highest BCUT2D eigenvalue weighted by Gasteiger charge is 2.01. The van der Waals surface area contributed by atoms with Gasteiger partial charge in [0.1, 0.15) is 6.29 Å². The molecule has 0 atom stereocenters. The lowest BCUT2D eigenvalue weighted by molar-refractivity contribution is -0.108. The van der Waals surface area contributed by atoms with E-state index in [1.807, 2.05) is 0 Å². The summed E-state index contributed by atoms with van der Waals surface area (Å²) >= 11 is 0. The Balaban J connectivity index is 3.04. The molecule has 0 saturated heterocycles. The molecule has 0 fully saturated rings. The first kappa shape index (κ1) is 20.5. The van der Waals surface area contributed by atoms with Crippen molar-refractivity contribution < 1.29 is 23.7 Å². The van der Waals surface area contributed by atoms with E-state index in [1.165, 1.54) is 0 Å². The second-order valence-corrected chi connectivity index (χ2v) is 4.98. The molecule has 0 radical (unpaired) electrons. The van der Waals surface area contributed by atoms with Crippen molar-refractivity contribution in [1.82, 2.24) is 4.90 Å². The highest BCUT2D eigenvalue weighted by molar-refractivity contribution is 5.49. The molecule has 6 nitrogen and oxygen atoms in total. The van der Waals surface area contributed by atoms with Crippen molar-refractivity contribution in [3.63, 3.8) is 0 Å². The molecule has 0 aliphatic carbocycles. The molecule has 0 unspecified atom stereocenters. The van der Waals surface area contributed by atoms with Gasteiger partial charge in [-0.2, -0.15) is 0 Å². The van der Waals surface area contributed by atoms with Crippen LogP contribution in [0.1, 0.15) is 20.3 Å². The van der Waals surface area contributed by atoms with Crippen molar-refractivity contribution in [1.29, 1.82) is 0 Å². The highest BCUT2D eigenvalue weighted by atomic mass is 16.6. The van der Waals surface area contributed by atoms with E-state index in [4.69, 9.17) is 18.9 Å². The first-order chi connectivity index (χ1) is 10.2. The number of likely N-dealkylation sites (N-methyl/N-ethyl adjacent to an activating group) is 1. The van der Waals surface area contributed by atoms with Gasteiger partial charge in [-0.3, -0.25) is 0 Å². The van der Waals surface area contributed by atoms with Crippen LogP contribution >= 0.6 is 0 Å². The fraction of sp³-hybridized carbons (Fsp3) is 0.933. The zero-order valence-electron chi connectivity index (χ0n) is 13.7. The van der Waals surface area contributed by atoms with Crippen LogP contribution in [0.2, 0.25) is 0 Å². The zero-order chi connectivity index (χ0) is 15.8. The SMILES string of the molecule is CC(C)N(C)CCOCCOCCOCCOCCC=O. The maximum absolute atomic E-state index is 10.0. The van der Waals surface area contributed by atoms with E-state index in [0.29, 0.717) is 58.7 Å². The van der Waals surface area contributed by atoms with Crippen LogP contribution in [0.5, 0.6) is 0 Å². The molecule has 0 aliphatic heterocycles. The van der Waals surface area contributed by atoms with Crippen molar-refractivity contribution >= 4 is 6.29 Å². The van der Waals surface area contributed by atoms with E-state index in [2.05, 4.69) is 25.8 Å². The second kappa shape index (κ2) is 15.9. The summed E-state index contributed by atoms with van der Waals surface area (Å²) in [6, 6.07) is 0.546. The summed E-state index contributed by atoms with van der Waals surface area (Å²) in [7, 11) is 2.09. The molecule has 6 heteroatoms. The minimum Gasteiger partial charge on any atom is -0.379 e. The van der Waals surface area contributed by atoms with Crippen molar-refractivity contribution in [2.45, 2.75) is 26.3 Å². The number of carbonyl (C=O) groups excluding carboxylic acids is 1. The van der Waals surface area contributed by atoms with E-state index in [-0.39, 0.29) is 0 Å². The van der Waals surface area contributed by atoms with Crippen LogP contribution in [-0.2, 0) is 23.7 Å². The molecular weight excluding hydrogens is 274 g/mol. The lowest BCUT2D eigenvalue weighted by Gasteiger charge is -2.20. The Morgan fingerprint density at radius 2 is 1.24 bits per heavy atom. The molecule has 0 spiro atoms. The molecule has 0 saturated carbocycles.